The van der Waals surface area contributed by atoms with Crippen LogP contribution in [-0.2, 0) is 4.74 Å². The SMILES string of the molecule is Cc1cc(C)n(-c2ccc(C(=O)N3CCOC(c4ccc(F)cc4)C3)cc2)n1. The third-order valence-corrected chi connectivity index (χ3v) is 4.96. The molecule has 0 aliphatic carbocycles. The van der Waals surface area contributed by atoms with Gasteiger partial charge in [-0.3, -0.25) is 4.79 Å². The fraction of sp³-hybridized carbons (Fsp3) is 0.273. The average molecular weight is 379 g/mol. The Hall–Kier alpha value is -2.99. The van der Waals surface area contributed by atoms with Gasteiger partial charge in [0.2, 0.25) is 0 Å². The molecule has 144 valence electrons. The Labute approximate surface area is 163 Å². The summed E-state index contributed by atoms with van der Waals surface area (Å²) in [6.07, 6.45) is -0.243. The molecule has 2 heterocycles. The zero-order chi connectivity index (χ0) is 19.7. The van der Waals surface area contributed by atoms with Crippen molar-refractivity contribution in [3.63, 3.8) is 0 Å². The van der Waals surface area contributed by atoms with Gasteiger partial charge in [0, 0.05) is 17.8 Å². The molecule has 1 fully saturated rings. The van der Waals surface area contributed by atoms with Crippen molar-refractivity contribution in [2.45, 2.75) is 20.0 Å². The average Bonchev–Trinajstić information content (AvgIpc) is 3.06. The van der Waals surface area contributed by atoms with Gasteiger partial charge in [0.15, 0.2) is 0 Å². The van der Waals surface area contributed by atoms with E-state index in [9.17, 15) is 9.18 Å². The fourth-order valence-electron chi connectivity index (χ4n) is 3.53. The maximum atomic E-state index is 13.2. The van der Waals surface area contributed by atoms with Crippen molar-refractivity contribution in [2.24, 2.45) is 0 Å². The maximum absolute atomic E-state index is 13.2. The third kappa shape index (κ3) is 3.68. The Balaban J connectivity index is 1.49. The summed E-state index contributed by atoms with van der Waals surface area (Å²) in [5, 5.41) is 4.47. The van der Waals surface area contributed by atoms with E-state index in [1.807, 2.05) is 48.9 Å². The van der Waals surface area contributed by atoms with Crippen LogP contribution >= 0.6 is 0 Å². The first kappa shape index (κ1) is 18.4. The Bertz CT molecular complexity index is 980. The number of carbonyl (C=O) groups is 1. The molecule has 1 saturated heterocycles. The Morgan fingerprint density at radius 2 is 1.82 bits per heavy atom. The van der Waals surface area contributed by atoms with Crippen molar-refractivity contribution in [3.8, 4) is 5.69 Å². The summed E-state index contributed by atoms with van der Waals surface area (Å²) in [5.74, 6) is -0.314. The molecule has 0 radical (unpaired) electrons. The molecule has 4 rings (SSSR count). The number of aryl methyl sites for hydroxylation is 2. The van der Waals surface area contributed by atoms with Gasteiger partial charge in [-0.15, -0.1) is 0 Å². The van der Waals surface area contributed by atoms with Crippen LogP contribution in [0.15, 0.2) is 54.6 Å². The summed E-state index contributed by atoms with van der Waals surface area (Å²) in [5.41, 5.74) is 4.43. The molecule has 1 unspecified atom stereocenters. The molecule has 6 heteroatoms. The largest absolute Gasteiger partial charge is 0.370 e. The second-order valence-electron chi connectivity index (χ2n) is 7.05. The zero-order valence-corrected chi connectivity index (χ0v) is 15.9. The lowest BCUT2D eigenvalue weighted by molar-refractivity contribution is -0.0228. The monoisotopic (exact) mass is 379 g/mol. The van der Waals surface area contributed by atoms with Crippen LogP contribution < -0.4 is 0 Å². The summed E-state index contributed by atoms with van der Waals surface area (Å²) in [6, 6.07) is 15.7. The molecule has 28 heavy (non-hydrogen) atoms. The molecule has 3 aromatic rings. The topological polar surface area (TPSA) is 47.4 Å². The summed E-state index contributed by atoms with van der Waals surface area (Å²) >= 11 is 0. The number of hydrogen-bond acceptors (Lipinski definition) is 3. The number of halogens is 1. The highest BCUT2D eigenvalue weighted by Gasteiger charge is 2.26. The first-order valence-corrected chi connectivity index (χ1v) is 9.31. The number of benzene rings is 2. The maximum Gasteiger partial charge on any atom is 0.254 e. The van der Waals surface area contributed by atoms with Crippen LogP contribution in [0.1, 0.15) is 33.4 Å². The van der Waals surface area contributed by atoms with Crippen molar-refractivity contribution < 1.29 is 13.9 Å². The standard InChI is InChI=1S/C22H22FN3O2/c1-15-13-16(2)26(24-15)20-9-5-18(6-10-20)22(27)25-11-12-28-21(14-25)17-3-7-19(23)8-4-17/h3-10,13,21H,11-12,14H2,1-2H3. The van der Waals surface area contributed by atoms with Gasteiger partial charge in [-0.05, 0) is 61.9 Å². The van der Waals surface area contributed by atoms with Crippen LogP contribution in [0.4, 0.5) is 4.39 Å². The molecular weight excluding hydrogens is 357 g/mol. The van der Waals surface area contributed by atoms with Crippen molar-refractivity contribution in [1.82, 2.24) is 14.7 Å². The molecule has 0 spiro atoms. The van der Waals surface area contributed by atoms with E-state index in [0.29, 0.717) is 25.3 Å². The van der Waals surface area contributed by atoms with Crippen LogP contribution in [0.5, 0.6) is 0 Å². The summed E-state index contributed by atoms with van der Waals surface area (Å²) in [6.45, 7) is 5.40. The highest BCUT2D eigenvalue weighted by atomic mass is 19.1. The molecule has 1 amide bonds. The molecule has 1 aromatic heterocycles. The first-order valence-electron chi connectivity index (χ1n) is 9.31. The zero-order valence-electron chi connectivity index (χ0n) is 15.9. The van der Waals surface area contributed by atoms with Crippen LogP contribution in [0.3, 0.4) is 0 Å². The third-order valence-electron chi connectivity index (χ3n) is 4.96. The summed E-state index contributed by atoms with van der Waals surface area (Å²) in [4.78, 5) is 14.7. The van der Waals surface area contributed by atoms with Crippen LogP contribution in [0.25, 0.3) is 5.69 Å². The number of aromatic nitrogens is 2. The lowest BCUT2D eigenvalue weighted by Gasteiger charge is -2.33. The molecule has 0 N–H and O–H groups in total. The normalized spacial score (nSPS) is 17.0. The molecule has 5 nitrogen and oxygen atoms in total. The van der Waals surface area contributed by atoms with Gasteiger partial charge in [-0.25, -0.2) is 9.07 Å². The van der Waals surface area contributed by atoms with Gasteiger partial charge in [0.25, 0.3) is 5.91 Å². The van der Waals surface area contributed by atoms with E-state index >= 15 is 0 Å². The minimum atomic E-state index is -0.282. The van der Waals surface area contributed by atoms with E-state index in [0.717, 1.165) is 22.6 Å². The van der Waals surface area contributed by atoms with Crippen molar-refractivity contribution in [2.75, 3.05) is 19.7 Å². The summed E-state index contributed by atoms with van der Waals surface area (Å²) < 4.78 is 20.8. The molecule has 1 aliphatic heterocycles. The highest BCUT2D eigenvalue weighted by molar-refractivity contribution is 5.94. The minimum Gasteiger partial charge on any atom is -0.370 e. The molecule has 1 aliphatic rings. The van der Waals surface area contributed by atoms with Crippen molar-refractivity contribution >= 4 is 5.91 Å². The van der Waals surface area contributed by atoms with Gasteiger partial charge in [0.1, 0.15) is 11.9 Å². The van der Waals surface area contributed by atoms with Crippen LogP contribution in [0, 0.1) is 19.7 Å². The second-order valence-corrected chi connectivity index (χ2v) is 7.05. The predicted octanol–water partition coefficient (Wildman–Crippen LogP) is 3.84. The first-order chi connectivity index (χ1) is 13.5. The van der Waals surface area contributed by atoms with Gasteiger partial charge < -0.3 is 9.64 Å². The predicted molar refractivity (Wildman–Crippen MR) is 104 cm³/mol. The number of amides is 1. The molecule has 2 aromatic carbocycles. The Morgan fingerprint density at radius 3 is 2.46 bits per heavy atom. The lowest BCUT2D eigenvalue weighted by Crippen LogP contribution is -2.42. The van der Waals surface area contributed by atoms with E-state index in [1.54, 1.807) is 17.0 Å². The molecular formula is C22H22FN3O2. The van der Waals surface area contributed by atoms with E-state index in [4.69, 9.17) is 4.74 Å². The van der Waals surface area contributed by atoms with E-state index in [2.05, 4.69) is 5.10 Å². The number of morpholine rings is 1. The van der Waals surface area contributed by atoms with E-state index in [1.165, 1.54) is 12.1 Å². The quantitative estimate of drug-likeness (QED) is 0.695. The van der Waals surface area contributed by atoms with Crippen LogP contribution in [-0.4, -0.2) is 40.3 Å². The van der Waals surface area contributed by atoms with E-state index in [-0.39, 0.29) is 17.8 Å². The van der Waals surface area contributed by atoms with Gasteiger partial charge in [-0.2, -0.15) is 5.10 Å². The number of hydrogen-bond donors (Lipinski definition) is 0. The van der Waals surface area contributed by atoms with Gasteiger partial charge in [-0.1, -0.05) is 12.1 Å². The lowest BCUT2D eigenvalue weighted by atomic mass is 10.1. The number of ether oxygens (including phenoxy) is 1. The number of nitrogens with zero attached hydrogens (tertiary/aromatic N) is 3. The van der Waals surface area contributed by atoms with Gasteiger partial charge in [0.05, 0.1) is 24.5 Å². The van der Waals surface area contributed by atoms with E-state index < -0.39 is 0 Å². The molecule has 0 saturated carbocycles. The molecule has 1 atom stereocenters. The van der Waals surface area contributed by atoms with Crippen LogP contribution in [0.2, 0.25) is 0 Å². The van der Waals surface area contributed by atoms with Crippen molar-refractivity contribution in [3.05, 3.63) is 82.9 Å². The minimum absolute atomic E-state index is 0.0321. The summed E-state index contributed by atoms with van der Waals surface area (Å²) in [7, 11) is 0. The smallest absolute Gasteiger partial charge is 0.254 e. The second kappa shape index (κ2) is 7.56. The number of carbonyl (C=O) groups excluding carboxylic acids is 1. The van der Waals surface area contributed by atoms with Crippen molar-refractivity contribution in [1.29, 1.82) is 0 Å². The Kier molecular flexibility index (Phi) is 4.96. The number of rotatable bonds is 3. The molecule has 0 bridgehead atoms. The fourth-order valence-corrected chi connectivity index (χ4v) is 3.53. The Morgan fingerprint density at radius 1 is 1.11 bits per heavy atom. The highest BCUT2D eigenvalue weighted by Crippen LogP contribution is 2.24. The van der Waals surface area contributed by atoms with Gasteiger partial charge >= 0.3 is 0 Å².